The predicted octanol–water partition coefficient (Wildman–Crippen LogP) is 2.33. The minimum Gasteiger partial charge on any atom is -0.375 e. The minimum absolute atomic E-state index is 0.0198. The van der Waals surface area contributed by atoms with Gasteiger partial charge in [-0.25, -0.2) is 14.4 Å². The van der Waals surface area contributed by atoms with E-state index in [1.165, 1.54) is 6.07 Å². The number of halogens is 1. The van der Waals surface area contributed by atoms with E-state index in [2.05, 4.69) is 9.97 Å². The van der Waals surface area contributed by atoms with Gasteiger partial charge < -0.3 is 9.64 Å². The molecule has 0 bridgehead atoms. The molecule has 1 aromatic carbocycles. The Kier molecular flexibility index (Phi) is 5.71. The Bertz CT molecular complexity index is 738. The smallest absolute Gasteiger partial charge is 0.227 e. The summed E-state index contributed by atoms with van der Waals surface area (Å²) in [4.78, 5) is 22.6. The predicted molar refractivity (Wildman–Crippen MR) is 91.5 cm³/mol. The number of morpholine rings is 1. The summed E-state index contributed by atoms with van der Waals surface area (Å²) in [5, 5.41) is 0. The second kappa shape index (κ2) is 8.16. The van der Waals surface area contributed by atoms with Crippen LogP contribution in [0.4, 0.5) is 4.39 Å². The van der Waals surface area contributed by atoms with Gasteiger partial charge in [0.15, 0.2) is 0 Å². The van der Waals surface area contributed by atoms with Gasteiger partial charge >= 0.3 is 0 Å². The maximum atomic E-state index is 13.7. The quantitative estimate of drug-likeness (QED) is 0.836. The van der Waals surface area contributed by atoms with Gasteiger partial charge in [0, 0.05) is 24.5 Å². The largest absolute Gasteiger partial charge is 0.375 e. The Balaban J connectivity index is 1.53. The fourth-order valence-corrected chi connectivity index (χ4v) is 2.99. The molecule has 0 aliphatic carbocycles. The molecule has 1 amide bonds. The molecule has 1 saturated heterocycles. The van der Waals surface area contributed by atoms with Crippen molar-refractivity contribution in [1.82, 2.24) is 14.9 Å². The van der Waals surface area contributed by atoms with E-state index in [1.807, 2.05) is 13.0 Å². The number of aryl methyl sites for hydroxylation is 2. The topological polar surface area (TPSA) is 55.3 Å². The van der Waals surface area contributed by atoms with Gasteiger partial charge in [-0.1, -0.05) is 18.2 Å². The Labute approximate surface area is 146 Å². The Morgan fingerprint density at radius 1 is 1.36 bits per heavy atom. The third kappa shape index (κ3) is 4.82. The lowest BCUT2D eigenvalue weighted by Gasteiger charge is -2.33. The molecule has 0 spiro atoms. The molecule has 1 aromatic heterocycles. The van der Waals surface area contributed by atoms with Crippen LogP contribution in [0.3, 0.4) is 0 Å². The lowest BCUT2D eigenvalue weighted by molar-refractivity contribution is -0.138. The SMILES string of the molecule is Cc1cc(CC[C@H]2CN(C(=O)Cc3ccccc3F)CCO2)ncn1. The Morgan fingerprint density at radius 2 is 2.20 bits per heavy atom. The summed E-state index contributed by atoms with van der Waals surface area (Å²) in [5.74, 6) is -0.393. The Morgan fingerprint density at radius 3 is 3.00 bits per heavy atom. The molecule has 1 atom stereocenters. The summed E-state index contributed by atoms with van der Waals surface area (Å²) in [6, 6.07) is 8.38. The monoisotopic (exact) mass is 343 g/mol. The van der Waals surface area contributed by atoms with Crippen LogP contribution in [0.5, 0.6) is 0 Å². The van der Waals surface area contributed by atoms with Crippen molar-refractivity contribution < 1.29 is 13.9 Å². The second-order valence-corrected chi connectivity index (χ2v) is 6.29. The first-order valence-electron chi connectivity index (χ1n) is 8.52. The number of rotatable bonds is 5. The van der Waals surface area contributed by atoms with Crippen LogP contribution in [-0.2, 0) is 22.4 Å². The van der Waals surface area contributed by atoms with E-state index in [0.29, 0.717) is 25.3 Å². The highest BCUT2D eigenvalue weighted by molar-refractivity contribution is 5.79. The maximum Gasteiger partial charge on any atom is 0.227 e. The average Bonchev–Trinajstić information content (AvgIpc) is 2.62. The van der Waals surface area contributed by atoms with Gasteiger partial charge in [0.2, 0.25) is 5.91 Å². The second-order valence-electron chi connectivity index (χ2n) is 6.29. The van der Waals surface area contributed by atoms with E-state index in [9.17, 15) is 9.18 Å². The van der Waals surface area contributed by atoms with Gasteiger partial charge in [0.25, 0.3) is 0 Å². The van der Waals surface area contributed by atoms with Crippen molar-refractivity contribution in [2.24, 2.45) is 0 Å². The number of hydrogen-bond acceptors (Lipinski definition) is 4. The van der Waals surface area contributed by atoms with Crippen LogP contribution in [0, 0.1) is 12.7 Å². The zero-order chi connectivity index (χ0) is 17.6. The number of hydrogen-bond donors (Lipinski definition) is 0. The zero-order valence-electron chi connectivity index (χ0n) is 14.3. The molecule has 0 unspecified atom stereocenters. The number of carbonyl (C=O) groups is 1. The third-order valence-electron chi connectivity index (χ3n) is 4.37. The number of amides is 1. The van der Waals surface area contributed by atoms with E-state index in [-0.39, 0.29) is 24.2 Å². The first-order valence-corrected chi connectivity index (χ1v) is 8.52. The summed E-state index contributed by atoms with van der Waals surface area (Å²) in [6.45, 7) is 3.54. The van der Waals surface area contributed by atoms with Crippen molar-refractivity contribution in [3.05, 3.63) is 59.4 Å². The zero-order valence-corrected chi connectivity index (χ0v) is 14.3. The molecule has 0 saturated carbocycles. The lowest BCUT2D eigenvalue weighted by Crippen LogP contribution is -2.46. The molecule has 2 heterocycles. The van der Waals surface area contributed by atoms with E-state index in [4.69, 9.17) is 4.74 Å². The summed E-state index contributed by atoms with van der Waals surface area (Å²) in [7, 11) is 0. The molecule has 2 aromatic rings. The van der Waals surface area contributed by atoms with Crippen LogP contribution in [0.25, 0.3) is 0 Å². The molecule has 1 fully saturated rings. The highest BCUT2D eigenvalue weighted by atomic mass is 19.1. The van der Waals surface area contributed by atoms with E-state index < -0.39 is 0 Å². The normalized spacial score (nSPS) is 17.5. The highest BCUT2D eigenvalue weighted by Crippen LogP contribution is 2.14. The van der Waals surface area contributed by atoms with Crippen LogP contribution in [0.2, 0.25) is 0 Å². The molecular weight excluding hydrogens is 321 g/mol. The first-order chi connectivity index (χ1) is 12.1. The molecule has 1 aliphatic heterocycles. The third-order valence-corrected chi connectivity index (χ3v) is 4.37. The van der Waals surface area contributed by atoms with Gasteiger partial charge in [-0.15, -0.1) is 0 Å². The number of aromatic nitrogens is 2. The van der Waals surface area contributed by atoms with Crippen molar-refractivity contribution in [2.45, 2.75) is 32.3 Å². The molecule has 0 N–H and O–H groups in total. The molecule has 0 radical (unpaired) electrons. The lowest BCUT2D eigenvalue weighted by atomic mass is 10.1. The number of benzene rings is 1. The molecule has 25 heavy (non-hydrogen) atoms. The molecule has 1 aliphatic rings. The van der Waals surface area contributed by atoms with E-state index >= 15 is 0 Å². The summed E-state index contributed by atoms with van der Waals surface area (Å²) in [6.07, 6.45) is 3.21. The van der Waals surface area contributed by atoms with Gasteiger partial charge in [-0.3, -0.25) is 4.79 Å². The van der Waals surface area contributed by atoms with Crippen LogP contribution < -0.4 is 0 Å². The highest BCUT2D eigenvalue weighted by Gasteiger charge is 2.24. The van der Waals surface area contributed by atoms with E-state index in [0.717, 1.165) is 24.2 Å². The van der Waals surface area contributed by atoms with Crippen LogP contribution >= 0.6 is 0 Å². The fourth-order valence-electron chi connectivity index (χ4n) is 2.99. The summed E-state index contributed by atoms with van der Waals surface area (Å²) < 4.78 is 19.5. The van der Waals surface area contributed by atoms with Crippen LogP contribution in [0.1, 0.15) is 23.4 Å². The summed E-state index contributed by atoms with van der Waals surface area (Å²) in [5.41, 5.74) is 2.36. The Hall–Kier alpha value is -2.34. The number of nitrogens with zero attached hydrogens (tertiary/aromatic N) is 3. The van der Waals surface area contributed by atoms with E-state index in [1.54, 1.807) is 29.4 Å². The molecule has 3 rings (SSSR count). The van der Waals surface area contributed by atoms with Crippen LogP contribution in [0.15, 0.2) is 36.7 Å². The number of ether oxygens (including phenoxy) is 1. The van der Waals surface area contributed by atoms with Crippen molar-refractivity contribution >= 4 is 5.91 Å². The van der Waals surface area contributed by atoms with Gasteiger partial charge in [0.1, 0.15) is 12.1 Å². The van der Waals surface area contributed by atoms with Crippen LogP contribution in [-0.4, -0.2) is 46.6 Å². The molecule has 6 heteroatoms. The molecule has 5 nitrogen and oxygen atoms in total. The fraction of sp³-hybridized carbons (Fsp3) is 0.421. The standard InChI is InChI=1S/C19H22FN3O2/c1-14-10-16(22-13-21-14)6-7-17-12-23(8-9-25-17)19(24)11-15-4-2-3-5-18(15)20/h2-5,10,13,17H,6-9,11-12H2,1H3/t17-/m0/s1. The molecular formula is C19H22FN3O2. The van der Waals surface area contributed by atoms with Crippen molar-refractivity contribution in [3.8, 4) is 0 Å². The number of carbonyl (C=O) groups excluding carboxylic acids is 1. The minimum atomic E-state index is -0.334. The van der Waals surface area contributed by atoms with Gasteiger partial charge in [-0.05, 0) is 37.5 Å². The van der Waals surface area contributed by atoms with Crippen molar-refractivity contribution in [1.29, 1.82) is 0 Å². The van der Waals surface area contributed by atoms with Crippen molar-refractivity contribution in [3.63, 3.8) is 0 Å². The molecule has 132 valence electrons. The summed E-state index contributed by atoms with van der Waals surface area (Å²) >= 11 is 0. The van der Waals surface area contributed by atoms with Crippen molar-refractivity contribution in [2.75, 3.05) is 19.7 Å². The first kappa shape index (κ1) is 17.5. The average molecular weight is 343 g/mol. The van der Waals surface area contributed by atoms with Gasteiger partial charge in [0.05, 0.1) is 19.1 Å². The van der Waals surface area contributed by atoms with Gasteiger partial charge in [-0.2, -0.15) is 0 Å². The maximum absolute atomic E-state index is 13.7.